The van der Waals surface area contributed by atoms with Gasteiger partial charge in [-0.25, -0.2) is 4.79 Å². The number of hydrogen-bond donors (Lipinski definition) is 2. The van der Waals surface area contributed by atoms with Gasteiger partial charge in [0, 0.05) is 25.7 Å². The zero-order valence-corrected chi connectivity index (χ0v) is 12.9. The molecule has 0 atom stereocenters. The molecular formula is C14H20ClN3O2. The molecule has 1 rings (SSSR count). The normalized spacial score (nSPS) is 10.3. The van der Waals surface area contributed by atoms with Gasteiger partial charge >= 0.3 is 6.03 Å². The molecule has 0 saturated heterocycles. The molecule has 0 radical (unpaired) electrons. The first kappa shape index (κ1) is 16.3. The fourth-order valence-corrected chi connectivity index (χ4v) is 1.68. The molecule has 0 aliphatic rings. The number of anilines is 1. The van der Waals surface area contributed by atoms with Crippen molar-refractivity contribution in [3.63, 3.8) is 0 Å². The van der Waals surface area contributed by atoms with Gasteiger partial charge in [-0.15, -0.1) is 0 Å². The lowest BCUT2D eigenvalue weighted by atomic mass is 10.1. The third kappa shape index (κ3) is 4.74. The van der Waals surface area contributed by atoms with E-state index in [0.717, 1.165) is 0 Å². The lowest BCUT2D eigenvalue weighted by Crippen LogP contribution is -2.32. The summed E-state index contributed by atoms with van der Waals surface area (Å²) in [6.07, 6.45) is 0. The van der Waals surface area contributed by atoms with Crippen molar-refractivity contribution in [2.75, 3.05) is 26.0 Å². The predicted octanol–water partition coefficient (Wildman–Crippen LogP) is 2.82. The van der Waals surface area contributed by atoms with Gasteiger partial charge in [-0.2, -0.15) is 0 Å². The van der Waals surface area contributed by atoms with Gasteiger partial charge in [-0.05, 0) is 24.1 Å². The van der Waals surface area contributed by atoms with Crippen LogP contribution in [-0.4, -0.2) is 37.5 Å². The number of nitrogens with zero attached hydrogens (tertiary/aromatic N) is 1. The van der Waals surface area contributed by atoms with E-state index < -0.39 is 0 Å². The highest BCUT2D eigenvalue weighted by atomic mass is 35.5. The molecule has 1 aromatic carbocycles. The van der Waals surface area contributed by atoms with Gasteiger partial charge in [-0.3, -0.25) is 4.79 Å². The standard InChI is InChI=1S/C14H20ClN3O2/c1-9(2)8-16-14(20)17-12-7-10(15)5-6-11(12)13(19)18(3)4/h5-7,9H,8H2,1-4H3,(H2,16,17,20). The molecule has 110 valence electrons. The fraction of sp³-hybridized carbons (Fsp3) is 0.429. The number of nitrogens with one attached hydrogen (secondary N) is 2. The zero-order valence-electron chi connectivity index (χ0n) is 12.2. The molecule has 0 unspecified atom stereocenters. The minimum absolute atomic E-state index is 0.194. The van der Waals surface area contributed by atoms with Crippen LogP contribution in [0.25, 0.3) is 0 Å². The molecular weight excluding hydrogens is 278 g/mol. The van der Waals surface area contributed by atoms with E-state index in [1.165, 1.54) is 4.90 Å². The van der Waals surface area contributed by atoms with Gasteiger partial charge in [0.25, 0.3) is 5.91 Å². The molecule has 0 saturated carbocycles. The van der Waals surface area contributed by atoms with Crippen molar-refractivity contribution in [2.45, 2.75) is 13.8 Å². The second-order valence-corrected chi connectivity index (χ2v) is 5.55. The molecule has 20 heavy (non-hydrogen) atoms. The Bertz CT molecular complexity index is 501. The Morgan fingerprint density at radius 1 is 1.30 bits per heavy atom. The summed E-state index contributed by atoms with van der Waals surface area (Å²) in [5.74, 6) is 0.156. The summed E-state index contributed by atoms with van der Waals surface area (Å²) in [6.45, 7) is 4.56. The van der Waals surface area contributed by atoms with E-state index in [1.54, 1.807) is 32.3 Å². The maximum atomic E-state index is 12.0. The Balaban J connectivity index is 2.90. The van der Waals surface area contributed by atoms with E-state index in [-0.39, 0.29) is 11.9 Å². The molecule has 0 bridgehead atoms. The number of benzene rings is 1. The van der Waals surface area contributed by atoms with Crippen molar-refractivity contribution in [3.8, 4) is 0 Å². The maximum Gasteiger partial charge on any atom is 0.319 e. The summed E-state index contributed by atoms with van der Waals surface area (Å²) in [7, 11) is 3.30. The third-order valence-corrected chi connectivity index (χ3v) is 2.77. The number of carbonyl (C=O) groups excluding carboxylic acids is 2. The van der Waals surface area contributed by atoms with Gasteiger partial charge in [0.1, 0.15) is 0 Å². The molecule has 0 aromatic heterocycles. The number of carbonyl (C=O) groups is 2. The summed E-state index contributed by atoms with van der Waals surface area (Å²) in [5.41, 5.74) is 0.802. The number of urea groups is 1. The monoisotopic (exact) mass is 297 g/mol. The Kier molecular flexibility index (Phi) is 5.82. The van der Waals surface area contributed by atoms with Crippen LogP contribution in [0.15, 0.2) is 18.2 Å². The highest BCUT2D eigenvalue weighted by Gasteiger charge is 2.15. The Morgan fingerprint density at radius 3 is 2.50 bits per heavy atom. The average Bonchev–Trinajstić information content (AvgIpc) is 2.35. The van der Waals surface area contributed by atoms with Crippen LogP contribution in [0.1, 0.15) is 24.2 Å². The third-order valence-electron chi connectivity index (χ3n) is 2.54. The van der Waals surface area contributed by atoms with Gasteiger partial charge in [-0.1, -0.05) is 25.4 Å². The fourth-order valence-electron chi connectivity index (χ4n) is 1.51. The molecule has 1 aromatic rings. The Morgan fingerprint density at radius 2 is 1.95 bits per heavy atom. The second kappa shape index (κ2) is 7.14. The summed E-state index contributed by atoms with van der Waals surface area (Å²) in [6, 6.07) is 4.43. The molecule has 0 spiro atoms. The SMILES string of the molecule is CC(C)CNC(=O)Nc1cc(Cl)ccc1C(=O)N(C)C. The average molecular weight is 298 g/mol. The molecule has 0 heterocycles. The van der Waals surface area contributed by atoms with Crippen molar-refractivity contribution in [3.05, 3.63) is 28.8 Å². The number of amides is 3. The summed E-state index contributed by atoms with van der Waals surface area (Å²) < 4.78 is 0. The Labute approximate surface area is 124 Å². The van der Waals surface area contributed by atoms with E-state index >= 15 is 0 Å². The van der Waals surface area contributed by atoms with E-state index in [4.69, 9.17) is 11.6 Å². The van der Waals surface area contributed by atoms with Gasteiger partial charge in [0.2, 0.25) is 0 Å². The van der Waals surface area contributed by atoms with E-state index in [9.17, 15) is 9.59 Å². The molecule has 0 fully saturated rings. The lowest BCUT2D eigenvalue weighted by molar-refractivity contribution is 0.0828. The van der Waals surface area contributed by atoms with Crippen molar-refractivity contribution >= 4 is 29.2 Å². The summed E-state index contributed by atoms with van der Waals surface area (Å²) in [5, 5.41) is 5.85. The maximum absolute atomic E-state index is 12.0. The van der Waals surface area contributed by atoms with Gasteiger partial charge in [0.05, 0.1) is 11.3 Å². The predicted molar refractivity (Wildman–Crippen MR) is 81.3 cm³/mol. The van der Waals surface area contributed by atoms with Crippen molar-refractivity contribution < 1.29 is 9.59 Å². The quantitative estimate of drug-likeness (QED) is 0.897. The largest absolute Gasteiger partial charge is 0.345 e. The van der Waals surface area contributed by atoms with Crippen LogP contribution in [0.2, 0.25) is 5.02 Å². The topological polar surface area (TPSA) is 61.4 Å². The van der Waals surface area contributed by atoms with Crippen LogP contribution >= 0.6 is 11.6 Å². The van der Waals surface area contributed by atoms with Crippen LogP contribution < -0.4 is 10.6 Å². The number of hydrogen-bond acceptors (Lipinski definition) is 2. The number of halogens is 1. The minimum atomic E-state index is -0.353. The van der Waals surface area contributed by atoms with Crippen LogP contribution in [0.3, 0.4) is 0 Å². The van der Waals surface area contributed by atoms with E-state index in [0.29, 0.717) is 28.7 Å². The van der Waals surface area contributed by atoms with Crippen molar-refractivity contribution in [1.29, 1.82) is 0 Å². The smallest absolute Gasteiger partial charge is 0.319 e. The highest BCUT2D eigenvalue weighted by Crippen LogP contribution is 2.22. The molecule has 2 N–H and O–H groups in total. The van der Waals surface area contributed by atoms with Crippen LogP contribution in [0, 0.1) is 5.92 Å². The number of rotatable bonds is 4. The summed E-state index contributed by atoms with van der Waals surface area (Å²) in [4.78, 5) is 25.3. The minimum Gasteiger partial charge on any atom is -0.345 e. The van der Waals surface area contributed by atoms with Crippen LogP contribution in [0.4, 0.5) is 10.5 Å². The highest BCUT2D eigenvalue weighted by molar-refractivity contribution is 6.31. The van der Waals surface area contributed by atoms with E-state index in [1.807, 2.05) is 13.8 Å². The van der Waals surface area contributed by atoms with Crippen LogP contribution in [0.5, 0.6) is 0 Å². The van der Waals surface area contributed by atoms with Gasteiger partial charge in [0.15, 0.2) is 0 Å². The lowest BCUT2D eigenvalue weighted by Gasteiger charge is -2.16. The zero-order chi connectivity index (χ0) is 15.3. The first-order chi connectivity index (χ1) is 9.31. The molecule has 6 heteroatoms. The Hall–Kier alpha value is -1.75. The molecule has 0 aliphatic carbocycles. The summed E-state index contributed by atoms with van der Waals surface area (Å²) >= 11 is 5.92. The van der Waals surface area contributed by atoms with E-state index in [2.05, 4.69) is 10.6 Å². The van der Waals surface area contributed by atoms with Crippen LogP contribution in [-0.2, 0) is 0 Å². The van der Waals surface area contributed by atoms with Crippen molar-refractivity contribution in [1.82, 2.24) is 10.2 Å². The first-order valence-electron chi connectivity index (χ1n) is 6.37. The van der Waals surface area contributed by atoms with Gasteiger partial charge < -0.3 is 15.5 Å². The first-order valence-corrected chi connectivity index (χ1v) is 6.75. The second-order valence-electron chi connectivity index (χ2n) is 5.12. The van der Waals surface area contributed by atoms with Crippen molar-refractivity contribution in [2.24, 2.45) is 5.92 Å². The molecule has 3 amide bonds. The molecule has 5 nitrogen and oxygen atoms in total. The molecule has 0 aliphatic heterocycles.